The van der Waals surface area contributed by atoms with Crippen molar-refractivity contribution in [3.05, 3.63) is 64.4 Å². The van der Waals surface area contributed by atoms with E-state index in [9.17, 15) is 14.4 Å². The van der Waals surface area contributed by atoms with Crippen molar-refractivity contribution in [1.29, 1.82) is 0 Å². The number of carbonyl (C=O) groups excluding carboxylic acids is 2. The van der Waals surface area contributed by atoms with E-state index in [2.05, 4.69) is 24.1 Å². The van der Waals surface area contributed by atoms with Gasteiger partial charge in [0.1, 0.15) is 0 Å². The van der Waals surface area contributed by atoms with Crippen molar-refractivity contribution in [3.63, 3.8) is 0 Å². The van der Waals surface area contributed by atoms with Crippen molar-refractivity contribution in [2.24, 2.45) is 5.73 Å². The van der Waals surface area contributed by atoms with Crippen molar-refractivity contribution in [2.75, 3.05) is 12.3 Å². The number of hydrogen-bond acceptors (Lipinski definition) is 5. The minimum absolute atomic E-state index is 0.00189. The number of nitrogens with two attached hydrogens (primary N) is 1. The predicted octanol–water partition coefficient (Wildman–Crippen LogP) is 2.20. The fourth-order valence-electron chi connectivity index (χ4n) is 2.97. The maximum atomic E-state index is 13.3. The summed E-state index contributed by atoms with van der Waals surface area (Å²) in [5.41, 5.74) is 7.18. The number of nitrogens with one attached hydrogen (secondary N) is 1. The van der Waals surface area contributed by atoms with Crippen LogP contribution in [0.15, 0.2) is 58.5 Å². The summed E-state index contributed by atoms with van der Waals surface area (Å²) in [5.74, 6) is -0.779. The number of amides is 2. The first kappa shape index (κ1) is 20.6. The summed E-state index contributed by atoms with van der Waals surface area (Å²) in [6.45, 7) is 3.89. The van der Waals surface area contributed by atoms with Gasteiger partial charge >= 0.3 is 0 Å². The van der Waals surface area contributed by atoms with Crippen LogP contribution in [0, 0.1) is 0 Å². The summed E-state index contributed by atoms with van der Waals surface area (Å²) < 4.78 is 1.56. The number of benzene rings is 2. The number of hydrogen-bond donors (Lipinski definition) is 2. The SMILES string of the molecule is CC(C)c1ccccc1-n1c(SCC(=O)NCC(N)=O)nc2ccccc2c1=O. The fraction of sp³-hybridized carbons (Fsp3) is 0.238. The molecule has 3 aromatic rings. The van der Waals surface area contributed by atoms with Crippen LogP contribution in [0.2, 0.25) is 0 Å². The highest BCUT2D eigenvalue weighted by Crippen LogP contribution is 2.26. The number of aromatic nitrogens is 2. The third-order valence-corrected chi connectivity index (χ3v) is 5.28. The molecule has 1 heterocycles. The minimum Gasteiger partial charge on any atom is -0.368 e. The van der Waals surface area contributed by atoms with E-state index in [1.54, 1.807) is 22.8 Å². The third-order valence-electron chi connectivity index (χ3n) is 4.34. The second-order valence-corrected chi connectivity index (χ2v) is 7.74. The Kier molecular flexibility index (Phi) is 6.33. The molecule has 0 aliphatic rings. The van der Waals surface area contributed by atoms with Crippen LogP contribution in [0.3, 0.4) is 0 Å². The van der Waals surface area contributed by atoms with E-state index < -0.39 is 5.91 Å². The topological polar surface area (TPSA) is 107 Å². The van der Waals surface area contributed by atoms with Gasteiger partial charge in [0.25, 0.3) is 5.56 Å². The highest BCUT2D eigenvalue weighted by Gasteiger charge is 2.18. The second-order valence-electron chi connectivity index (χ2n) is 6.80. The van der Waals surface area contributed by atoms with Gasteiger partial charge in [0.2, 0.25) is 11.8 Å². The smallest absolute Gasteiger partial charge is 0.266 e. The lowest BCUT2D eigenvalue weighted by molar-refractivity contribution is -0.123. The molecule has 3 N–H and O–H groups in total. The van der Waals surface area contributed by atoms with E-state index >= 15 is 0 Å². The molecule has 0 aliphatic heterocycles. The van der Waals surface area contributed by atoms with Gasteiger partial charge in [0.05, 0.1) is 28.9 Å². The zero-order valence-electron chi connectivity index (χ0n) is 16.2. The molecule has 2 amide bonds. The molecule has 0 radical (unpaired) electrons. The molecule has 150 valence electrons. The van der Waals surface area contributed by atoms with E-state index in [1.165, 1.54) is 0 Å². The molecule has 0 fully saturated rings. The van der Waals surface area contributed by atoms with Gasteiger partial charge < -0.3 is 11.1 Å². The van der Waals surface area contributed by atoms with Crippen molar-refractivity contribution in [1.82, 2.24) is 14.9 Å². The van der Waals surface area contributed by atoms with Gasteiger partial charge in [-0.1, -0.05) is 55.9 Å². The van der Waals surface area contributed by atoms with Crippen LogP contribution in [0.1, 0.15) is 25.3 Å². The van der Waals surface area contributed by atoms with Crippen molar-refractivity contribution in [3.8, 4) is 5.69 Å². The second kappa shape index (κ2) is 8.91. The Morgan fingerprint density at radius 2 is 1.83 bits per heavy atom. The molecule has 7 nitrogen and oxygen atoms in total. The van der Waals surface area contributed by atoms with E-state index in [4.69, 9.17) is 5.73 Å². The molecular formula is C21H22N4O3S. The highest BCUT2D eigenvalue weighted by molar-refractivity contribution is 7.99. The number of carbonyl (C=O) groups is 2. The average molecular weight is 410 g/mol. The van der Waals surface area contributed by atoms with Crippen LogP contribution in [-0.4, -0.2) is 33.7 Å². The van der Waals surface area contributed by atoms with Crippen molar-refractivity contribution < 1.29 is 9.59 Å². The third kappa shape index (κ3) is 4.65. The van der Waals surface area contributed by atoms with Crippen molar-refractivity contribution >= 4 is 34.5 Å². The van der Waals surface area contributed by atoms with Crippen LogP contribution < -0.4 is 16.6 Å². The van der Waals surface area contributed by atoms with E-state index in [0.29, 0.717) is 16.1 Å². The Balaban J connectivity index is 2.09. The monoisotopic (exact) mass is 410 g/mol. The Morgan fingerprint density at radius 1 is 1.14 bits per heavy atom. The lowest BCUT2D eigenvalue weighted by atomic mass is 10.0. The van der Waals surface area contributed by atoms with Gasteiger partial charge in [-0.2, -0.15) is 0 Å². The van der Waals surface area contributed by atoms with Gasteiger partial charge in [-0.05, 0) is 29.7 Å². The van der Waals surface area contributed by atoms with E-state index in [-0.39, 0.29) is 29.7 Å². The van der Waals surface area contributed by atoms with Crippen LogP contribution in [0.25, 0.3) is 16.6 Å². The Morgan fingerprint density at radius 3 is 2.55 bits per heavy atom. The zero-order valence-corrected chi connectivity index (χ0v) is 17.0. The highest BCUT2D eigenvalue weighted by atomic mass is 32.2. The molecule has 3 rings (SSSR count). The first-order valence-electron chi connectivity index (χ1n) is 9.17. The summed E-state index contributed by atoms with van der Waals surface area (Å²) in [5, 5.41) is 3.36. The molecule has 1 aromatic heterocycles. The van der Waals surface area contributed by atoms with Crippen LogP contribution in [-0.2, 0) is 9.59 Å². The van der Waals surface area contributed by atoms with Gasteiger partial charge in [0, 0.05) is 0 Å². The Bertz CT molecular complexity index is 1120. The Labute approximate surface area is 172 Å². The van der Waals surface area contributed by atoms with E-state index in [0.717, 1.165) is 23.0 Å². The molecule has 0 saturated carbocycles. The standard InChI is InChI=1S/C21H22N4O3S/c1-13(2)14-7-4-6-10-17(14)25-20(28)15-8-3-5-9-16(15)24-21(25)29-12-19(27)23-11-18(22)26/h3-10,13H,11-12H2,1-2H3,(H2,22,26)(H,23,27). The molecular weight excluding hydrogens is 388 g/mol. The average Bonchev–Trinajstić information content (AvgIpc) is 2.70. The minimum atomic E-state index is -0.616. The summed E-state index contributed by atoms with van der Waals surface area (Å²) in [6.07, 6.45) is 0. The lowest BCUT2D eigenvalue weighted by Gasteiger charge is -2.18. The number of fused-ring (bicyclic) bond motifs is 1. The molecule has 0 bridgehead atoms. The molecule has 0 spiro atoms. The number of thioether (sulfide) groups is 1. The first-order valence-corrected chi connectivity index (χ1v) is 10.2. The maximum Gasteiger partial charge on any atom is 0.266 e. The molecule has 8 heteroatoms. The van der Waals surface area contributed by atoms with E-state index in [1.807, 2.05) is 30.3 Å². The van der Waals surface area contributed by atoms with Crippen LogP contribution in [0.5, 0.6) is 0 Å². The molecule has 29 heavy (non-hydrogen) atoms. The molecule has 0 unspecified atom stereocenters. The summed E-state index contributed by atoms with van der Waals surface area (Å²) >= 11 is 1.14. The molecule has 0 saturated heterocycles. The number of para-hydroxylation sites is 2. The van der Waals surface area contributed by atoms with Gasteiger partial charge in [-0.3, -0.25) is 19.0 Å². The molecule has 0 atom stereocenters. The summed E-state index contributed by atoms with van der Waals surface area (Å²) in [6, 6.07) is 14.8. The number of rotatable bonds is 7. The fourth-order valence-corrected chi connectivity index (χ4v) is 3.80. The summed E-state index contributed by atoms with van der Waals surface area (Å²) in [4.78, 5) is 40.9. The molecule has 2 aromatic carbocycles. The number of primary amides is 1. The van der Waals surface area contributed by atoms with Crippen LogP contribution in [0.4, 0.5) is 0 Å². The van der Waals surface area contributed by atoms with Gasteiger partial charge in [0.15, 0.2) is 5.16 Å². The van der Waals surface area contributed by atoms with Crippen LogP contribution >= 0.6 is 11.8 Å². The Hall–Kier alpha value is -3.13. The largest absolute Gasteiger partial charge is 0.368 e. The number of nitrogens with zero attached hydrogens (tertiary/aromatic N) is 2. The van der Waals surface area contributed by atoms with Crippen molar-refractivity contribution in [2.45, 2.75) is 24.9 Å². The zero-order chi connectivity index (χ0) is 21.0. The predicted molar refractivity (Wildman–Crippen MR) is 114 cm³/mol. The molecule has 0 aliphatic carbocycles. The maximum absolute atomic E-state index is 13.3. The summed E-state index contributed by atoms with van der Waals surface area (Å²) in [7, 11) is 0. The first-order chi connectivity index (χ1) is 13.9. The normalized spacial score (nSPS) is 11.0. The lowest BCUT2D eigenvalue weighted by Crippen LogP contribution is -2.34. The quantitative estimate of drug-likeness (QED) is 0.459. The van der Waals surface area contributed by atoms with Gasteiger partial charge in [-0.15, -0.1) is 0 Å². The van der Waals surface area contributed by atoms with Gasteiger partial charge in [-0.25, -0.2) is 4.98 Å².